The summed E-state index contributed by atoms with van der Waals surface area (Å²) < 4.78 is 5.64. The van der Waals surface area contributed by atoms with Crippen LogP contribution in [0.25, 0.3) is 0 Å². The van der Waals surface area contributed by atoms with E-state index in [1.165, 1.54) is 12.6 Å². The second-order valence-electron chi connectivity index (χ2n) is 4.98. The van der Waals surface area contributed by atoms with Crippen LogP contribution in [0.2, 0.25) is 5.02 Å². The average molecular weight is 283 g/mol. The molecule has 0 spiro atoms. The van der Waals surface area contributed by atoms with Crippen molar-refractivity contribution in [3.8, 4) is 0 Å². The molecule has 1 aliphatic heterocycles. The van der Waals surface area contributed by atoms with Gasteiger partial charge in [0.05, 0.1) is 16.7 Å². The minimum absolute atomic E-state index is 0.105. The Kier molecular flexibility index (Phi) is 4.77. The summed E-state index contributed by atoms with van der Waals surface area (Å²) in [6.07, 6.45) is 4.97. The number of pyridine rings is 1. The van der Waals surface area contributed by atoms with Gasteiger partial charge in [0.2, 0.25) is 0 Å². The van der Waals surface area contributed by atoms with Crippen molar-refractivity contribution in [1.82, 2.24) is 9.88 Å². The molecule has 4 nitrogen and oxygen atoms in total. The molecule has 0 bridgehead atoms. The number of ether oxygens (including phenoxy) is 1. The van der Waals surface area contributed by atoms with E-state index in [0.29, 0.717) is 17.1 Å². The van der Waals surface area contributed by atoms with Gasteiger partial charge in [-0.25, -0.2) is 0 Å². The lowest BCUT2D eigenvalue weighted by molar-refractivity contribution is -0.000193. The Balaban J connectivity index is 2.01. The molecular weight excluding hydrogens is 264 g/mol. The van der Waals surface area contributed by atoms with Gasteiger partial charge in [-0.1, -0.05) is 11.6 Å². The van der Waals surface area contributed by atoms with E-state index in [-0.39, 0.29) is 12.0 Å². The molecule has 2 heterocycles. The fraction of sp³-hybridized carbons (Fsp3) is 0.571. The first kappa shape index (κ1) is 14.3. The third kappa shape index (κ3) is 3.67. The van der Waals surface area contributed by atoms with Gasteiger partial charge in [-0.3, -0.25) is 9.78 Å². The lowest BCUT2D eigenvalue weighted by Gasteiger charge is -2.27. The Labute approximate surface area is 118 Å². The van der Waals surface area contributed by atoms with Crippen molar-refractivity contribution in [2.45, 2.75) is 32.3 Å². The van der Waals surface area contributed by atoms with Gasteiger partial charge in [0.25, 0.3) is 5.91 Å². The van der Waals surface area contributed by atoms with Crippen LogP contribution in [0.1, 0.15) is 35.3 Å². The van der Waals surface area contributed by atoms with Crippen molar-refractivity contribution in [2.75, 3.05) is 20.2 Å². The van der Waals surface area contributed by atoms with Crippen LogP contribution in [0.4, 0.5) is 0 Å². The molecule has 5 heteroatoms. The van der Waals surface area contributed by atoms with Crippen LogP contribution in [0, 0.1) is 6.92 Å². The third-order valence-corrected chi connectivity index (χ3v) is 3.63. The van der Waals surface area contributed by atoms with Crippen molar-refractivity contribution >= 4 is 17.5 Å². The number of rotatable bonds is 3. The van der Waals surface area contributed by atoms with Gasteiger partial charge in [-0.2, -0.15) is 0 Å². The zero-order valence-corrected chi connectivity index (χ0v) is 12.1. The molecule has 1 aromatic rings. The van der Waals surface area contributed by atoms with Gasteiger partial charge < -0.3 is 9.64 Å². The smallest absolute Gasteiger partial charge is 0.256 e. The summed E-state index contributed by atoms with van der Waals surface area (Å²) in [6.45, 7) is 3.24. The summed E-state index contributed by atoms with van der Waals surface area (Å²) >= 11 is 6.09. The molecule has 1 saturated heterocycles. The molecule has 0 radical (unpaired) electrons. The van der Waals surface area contributed by atoms with E-state index in [2.05, 4.69) is 4.98 Å². The Morgan fingerprint density at radius 2 is 2.37 bits per heavy atom. The summed E-state index contributed by atoms with van der Waals surface area (Å²) in [4.78, 5) is 18.1. The number of carbonyl (C=O) groups is 1. The van der Waals surface area contributed by atoms with E-state index >= 15 is 0 Å². The normalized spacial score (nSPS) is 19.2. The second kappa shape index (κ2) is 6.35. The maximum absolute atomic E-state index is 12.3. The van der Waals surface area contributed by atoms with Crippen LogP contribution in [0.5, 0.6) is 0 Å². The van der Waals surface area contributed by atoms with Gasteiger partial charge in [0.1, 0.15) is 0 Å². The molecule has 0 N–H and O–H groups in total. The minimum Gasteiger partial charge on any atom is -0.376 e. The molecule has 0 aromatic carbocycles. The van der Waals surface area contributed by atoms with Gasteiger partial charge in [0, 0.05) is 32.1 Å². The Hall–Kier alpha value is -1.13. The summed E-state index contributed by atoms with van der Waals surface area (Å²) in [6, 6.07) is 1.71. The lowest BCUT2D eigenvalue weighted by Crippen LogP contribution is -2.37. The van der Waals surface area contributed by atoms with E-state index in [1.807, 2.05) is 6.92 Å². The predicted molar refractivity (Wildman–Crippen MR) is 74.5 cm³/mol. The van der Waals surface area contributed by atoms with Gasteiger partial charge in [-0.15, -0.1) is 0 Å². The number of hydrogen-bond acceptors (Lipinski definition) is 3. The van der Waals surface area contributed by atoms with E-state index in [9.17, 15) is 4.79 Å². The molecule has 1 fully saturated rings. The van der Waals surface area contributed by atoms with Gasteiger partial charge >= 0.3 is 0 Å². The Bertz CT molecular complexity index is 459. The number of aryl methyl sites for hydroxylation is 1. The van der Waals surface area contributed by atoms with Crippen LogP contribution >= 0.6 is 11.6 Å². The minimum atomic E-state index is -0.105. The van der Waals surface area contributed by atoms with E-state index in [1.54, 1.807) is 18.0 Å². The van der Waals surface area contributed by atoms with Crippen LogP contribution in [-0.2, 0) is 4.74 Å². The number of aromatic nitrogens is 1. The molecule has 1 aromatic heterocycles. The zero-order chi connectivity index (χ0) is 13.8. The van der Waals surface area contributed by atoms with Crippen LogP contribution in [0.15, 0.2) is 12.3 Å². The van der Waals surface area contributed by atoms with Gasteiger partial charge in [-0.05, 0) is 32.3 Å². The number of halogens is 1. The molecule has 1 atom stereocenters. The Morgan fingerprint density at radius 1 is 1.58 bits per heavy atom. The fourth-order valence-electron chi connectivity index (χ4n) is 2.23. The first-order valence-corrected chi connectivity index (χ1v) is 6.95. The van der Waals surface area contributed by atoms with E-state index in [0.717, 1.165) is 25.1 Å². The number of amides is 1. The highest BCUT2D eigenvalue weighted by Crippen LogP contribution is 2.19. The van der Waals surface area contributed by atoms with Crippen LogP contribution in [-0.4, -0.2) is 42.1 Å². The monoisotopic (exact) mass is 282 g/mol. The largest absolute Gasteiger partial charge is 0.376 e. The first-order valence-electron chi connectivity index (χ1n) is 6.57. The first-order chi connectivity index (χ1) is 9.08. The SMILES string of the molecule is Cc1cc(Cl)c(C(=O)N(C)CC2CCCCO2)cn1. The van der Waals surface area contributed by atoms with Crippen LogP contribution < -0.4 is 0 Å². The van der Waals surface area contributed by atoms with Crippen molar-refractivity contribution in [3.05, 3.63) is 28.5 Å². The highest BCUT2D eigenvalue weighted by Gasteiger charge is 2.21. The van der Waals surface area contributed by atoms with Crippen molar-refractivity contribution in [2.24, 2.45) is 0 Å². The Morgan fingerprint density at radius 3 is 3.00 bits per heavy atom. The van der Waals surface area contributed by atoms with Gasteiger partial charge in [0.15, 0.2) is 0 Å². The maximum atomic E-state index is 12.3. The fourth-order valence-corrected chi connectivity index (χ4v) is 2.52. The highest BCUT2D eigenvalue weighted by atomic mass is 35.5. The van der Waals surface area contributed by atoms with Crippen molar-refractivity contribution < 1.29 is 9.53 Å². The molecule has 1 unspecified atom stereocenters. The quantitative estimate of drug-likeness (QED) is 0.856. The number of hydrogen-bond donors (Lipinski definition) is 0. The standard InChI is InChI=1S/C14H19ClN2O2/c1-10-7-13(15)12(8-16-10)14(18)17(2)9-11-5-3-4-6-19-11/h7-8,11H,3-6,9H2,1-2H3. The molecule has 104 valence electrons. The number of carbonyl (C=O) groups excluding carboxylic acids is 1. The van der Waals surface area contributed by atoms with Crippen LogP contribution in [0.3, 0.4) is 0 Å². The second-order valence-corrected chi connectivity index (χ2v) is 5.39. The molecule has 0 aliphatic carbocycles. The molecule has 2 rings (SSSR count). The summed E-state index contributed by atoms with van der Waals surface area (Å²) in [5.41, 5.74) is 1.25. The molecule has 1 amide bonds. The highest BCUT2D eigenvalue weighted by molar-refractivity contribution is 6.33. The topological polar surface area (TPSA) is 42.4 Å². The molecule has 19 heavy (non-hydrogen) atoms. The molecule has 1 aliphatic rings. The van der Waals surface area contributed by atoms with E-state index < -0.39 is 0 Å². The summed E-state index contributed by atoms with van der Waals surface area (Å²) in [5, 5.41) is 0.453. The van der Waals surface area contributed by atoms with Crippen molar-refractivity contribution in [1.29, 1.82) is 0 Å². The van der Waals surface area contributed by atoms with Crippen molar-refractivity contribution in [3.63, 3.8) is 0 Å². The average Bonchev–Trinajstić information content (AvgIpc) is 2.39. The zero-order valence-electron chi connectivity index (χ0n) is 11.4. The third-order valence-electron chi connectivity index (χ3n) is 3.32. The number of likely N-dealkylation sites (N-methyl/N-ethyl adjacent to an activating group) is 1. The maximum Gasteiger partial charge on any atom is 0.256 e. The lowest BCUT2D eigenvalue weighted by atomic mass is 10.1. The predicted octanol–water partition coefficient (Wildman–Crippen LogP) is 2.68. The molecular formula is C14H19ClN2O2. The van der Waals surface area contributed by atoms with E-state index in [4.69, 9.17) is 16.3 Å². The molecule has 0 saturated carbocycles. The summed E-state index contributed by atoms with van der Waals surface area (Å²) in [7, 11) is 1.77. The number of nitrogens with zero attached hydrogens (tertiary/aromatic N) is 2. The summed E-state index contributed by atoms with van der Waals surface area (Å²) in [5.74, 6) is -0.105.